The number of rotatable bonds is 8. The lowest BCUT2D eigenvalue weighted by Crippen LogP contribution is -2.14. The molecule has 84 valence electrons. The Hall–Kier alpha value is -1.13. The molecule has 0 aromatic carbocycles. The van der Waals surface area contributed by atoms with Gasteiger partial charge in [-0.25, -0.2) is 4.68 Å². The molecule has 0 radical (unpaired) electrons. The van der Waals surface area contributed by atoms with Gasteiger partial charge in [0.05, 0.1) is 6.20 Å². The predicted octanol–water partition coefficient (Wildman–Crippen LogP) is 1.24. The Morgan fingerprint density at radius 2 is 2.33 bits per heavy atom. The highest BCUT2D eigenvalue weighted by Crippen LogP contribution is 1.98. The Labute approximate surface area is 90.6 Å². The Kier molecular flexibility index (Phi) is 5.73. The number of hydrogen-bond donors (Lipinski definition) is 2. The summed E-state index contributed by atoms with van der Waals surface area (Å²) in [6, 6.07) is 0. The van der Waals surface area contributed by atoms with Crippen LogP contribution in [0, 0.1) is 0 Å². The maximum atomic E-state index is 8.59. The van der Waals surface area contributed by atoms with E-state index in [2.05, 4.69) is 17.0 Å². The SMILES string of the molecule is C=Cn1cc(CNCCCCCO)cn1. The molecule has 1 aromatic rings. The Bertz CT molecular complexity index is 283. The fraction of sp³-hybridized carbons (Fsp3) is 0.545. The van der Waals surface area contributed by atoms with E-state index in [1.165, 1.54) is 0 Å². The minimum absolute atomic E-state index is 0.298. The van der Waals surface area contributed by atoms with Crippen molar-refractivity contribution < 1.29 is 5.11 Å². The average molecular weight is 209 g/mol. The molecule has 1 aromatic heterocycles. The first kappa shape index (κ1) is 11.9. The van der Waals surface area contributed by atoms with Crippen molar-refractivity contribution in [3.8, 4) is 0 Å². The number of aliphatic hydroxyl groups excluding tert-OH is 1. The number of hydrogen-bond acceptors (Lipinski definition) is 3. The van der Waals surface area contributed by atoms with Crippen molar-refractivity contribution in [2.75, 3.05) is 13.2 Å². The van der Waals surface area contributed by atoms with Gasteiger partial charge in [0.25, 0.3) is 0 Å². The van der Waals surface area contributed by atoms with Gasteiger partial charge in [0.15, 0.2) is 0 Å². The van der Waals surface area contributed by atoms with Gasteiger partial charge in [0, 0.05) is 31.1 Å². The van der Waals surface area contributed by atoms with Gasteiger partial charge in [-0.15, -0.1) is 0 Å². The Morgan fingerprint density at radius 3 is 3.00 bits per heavy atom. The number of nitrogens with one attached hydrogen (secondary N) is 1. The van der Waals surface area contributed by atoms with Gasteiger partial charge < -0.3 is 10.4 Å². The number of aromatic nitrogens is 2. The lowest BCUT2D eigenvalue weighted by atomic mass is 10.2. The zero-order chi connectivity index (χ0) is 10.9. The first-order valence-corrected chi connectivity index (χ1v) is 5.34. The van der Waals surface area contributed by atoms with Gasteiger partial charge in [-0.3, -0.25) is 0 Å². The number of unbranched alkanes of at least 4 members (excludes halogenated alkanes) is 2. The zero-order valence-corrected chi connectivity index (χ0v) is 9.02. The molecule has 0 aliphatic rings. The summed E-state index contributed by atoms with van der Waals surface area (Å²) in [6.07, 6.45) is 8.54. The van der Waals surface area contributed by atoms with Crippen LogP contribution in [0.3, 0.4) is 0 Å². The summed E-state index contributed by atoms with van der Waals surface area (Å²) in [7, 11) is 0. The summed E-state index contributed by atoms with van der Waals surface area (Å²) in [5, 5.41) is 16.0. The fourth-order valence-corrected chi connectivity index (χ4v) is 1.34. The maximum absolute atomic E-state index is 8.59. The largest absolute Gasteiger partial charge is 0.396 e. The van der Waals surface area contributed by atoms with E-state index in [-0.39, 0.29) is 0 Å². The van der Waals surface area contributed by atoms with E-state index in [4.69, 9.17) is 5.11 Å². The smallest absolute Gasteiger partial charge is 0.0538 e. The quantitative estimate of drug-likeness (QED) is 0.633. The monoisotopic (exact) mass is 209 g/mol. The van der Waals surface area contributed by atoms with Crippen LogP contribution in [0.5, 0.6) is 0 Å². The molecule has 0 atom stereocenters. The third-order valence-electron chi connectivity index (χ3n) is 2.18. The van der Waals surface area contributed by atoms with E-state index in [9.17, 15) is 0 Å². The molecule has 0 unspecified atom stereocenters. The molecule has 4 nitrogen and oxygen atoms in total. The summed E-state index contributed by atoms with van der Waals surface area (Å²) in [6.45, 7) is 5.75. The van der Waals surface area contributed by atoms with Crippen LogP contribution in [0.25, 0.3) is 6.20 Å². The molecule has 0 spiro atoms. The minimum atomic E-state index is 0.298. The minimum Gasteiger partial charge on any atom is -0.396 e. The Balaban J connectivity index is 2.07. The van der Waals surface area contributed by atoms with Crippen molar-refractivity contribution in [2.24, 2.45) is 0 Å². The molecule has 0 aliphatic heterocycles. The fourth-order valence-electron chi connectivity index (χ4n) is 1.34. The van der Waals surface area contributed by atoms with E-state index in [0.29, 0.717) is 6.61 Å². The zero-order valence-electron chi connectivity index (χ0n) is 9.02. The molecule has 0 aliphatic carbocycles. The van der Waals surface area contributed by atoms with Crippen LogP contribution in [0.15, 0.2) is 19.0 Å². The van der Waals surface area contributed by atoms with E-state index in [1.807, 2.05) is 12.4 Å². The van der Waals surface area contributed by atoms with Crippen LogP contribution in [-0.4, -0.2) is 28.0 Å². The normalized spacial score (nSPS) is 10.5. The predicted molar refractivity (Wildman–Crippen MR) is 61.3 cm³/mol. The molecular formula is C11H19N3O. The van der Waals surface area contributed by atoms with Crippen LogP contribution in [0.2, 0.25) is 0 Å². The summed E-state index contributed by atoms with van der Waals surface area (Å²) in [4.78, 5) is 0. The van der Waals surface area contributed by atoms with Crippen molar-refractivity contribution >= 4 is 6.20 Å². The molecule has 15 heavy (non-hydrogen) atoms. The summed E-state index contributed by atoms with van der Waals surface area (Å²) < 4.78 is 1.70. The highest BCUT2D eigenvalue weighted by atomic mass is 16.2. The van der Waals surface area contributed by atoms with E-state index >= 15 is 0 Å². The highest BCUT2D eigenvalue weighted by molar-refractivity contribution is 5.17. The third-order valence-corrected chi connectivity index (χ3v) is 2.18. The summed E-state index contributed by atoms with van der Waals surface area (Å²) in [5.41, 5.74) is 1.16. The maximum Gasteiger partial charge on any atom is 0.0538 e. The molecule has 4 heteroatoms. The van der Waals surface area contributed by atoms with E-state index < -0.39 is 0 Å². The van der Waals surface area contributed by atoms with Crippen molar-refractivity contribution in [1.29, 1.82) is 0 Å². The summed E-state index contributed by atoms with van der Waals surface area (Å²) in [5.74, 6) is 0. The molecule has 1 rings (SSSR count). The van der Waals surface area contributed by atoms with Crippen LogP contribution in [-0.2, 0) is 6.54 Å². The molecular weight excluding hydrogens is 190 g/mol. The first-order valence-electron chi connectivity index (χ1n) is 5.34. The molecule has 0 saturated heterocycles. The van der Waals surface area contributed by atoms with Crippen molar-refractivity contribution in [3.63, 3.8) is 0 Å². The van der Waals surface area contributed by atoms with Crippen molar-refractivity contribution in [1.82, 2.24) is 15.1 Å². The lowest BCUT2D eigenvalue weighted by Gasteiger charge is -2.01. The molecule has 2 N–H and O–H groups in total. The van der Waals surface area contributed by atoms with Gasteiger partial charge in [-0.2, -0.15) is 5.10 Å². The number of nitrogens with zero attached hydrogens (tertiary/aromatic N) is 2. The van der Waals surface area contributed by atoms with Crippen molar-refractivity contribution in [3.05, 3.63) is 24.5 Å². The van der Waals surface area contributed by atoms with Gasteiger partial charge in [-0.05, 0) is 25.8 Å². The molecule has 1 heterocycles. The van der Waals surface area contributed by atoms with Gasteiger partial charge in [-0.1, -0.05) is 6.58 Å². The van der Waals surface area contributed by atoms with Crippen LogP contribution in [0.1, 0.15) is 24.8 Å². The van der Waals surface area contributed by atoms with Crippen LogP contribution < -0.4 is 5.32 Å². The van der Waals surface area contributed by atoms with Gasteiger partial charge in [0.1, 0.15) is 0 Å². The van der Waals surface area contributed by atoms with Gasteiger partial charge >= 0.3 is 0 Å². The second-order valence-electron chi connectivity index (χ2n) is 3.47. The number of aliphatic hydroxyl groups is 1. The average Bonchev–Trinajstić information content (AvgIpc) is 2.71. The standard InChI is InChI=1S/C11H19N3O/c1-2-14-10-11(9-13-14)8-12-6-4-3-5-7-15/h2,9-10,12,15H,1,3-8H2. The van der Waals surface area contributed by atoms with Gasteiger partial charge in [0.2, 0.25) is 0 Å². The topological polar surface area (TPSA) is 50.1 Å². The summed E-state index contributed by atoms with van der Waals surface area (Å²) >= 11 is 0. The van der Waals surface area contributed by atoms with Crippen LogP contribution in [0.4, 0.5) is 0 Å². The molecule has 0 fully saturated rings. The molecule has 0 amide bonds. The highest BCUT2D eigenvalue weighted by Gasteiger charge is 1.95. The third kappa shape index (κ3) is 4.76. The van der Waals surface area contributed by atoms with Crippen molar-refractivity contribution in [2.45, 2.75) is 25.8 Å². The first-order chi connectivity index (χ1) is 7.36. The molecule has 0 saturated carbocycles. The van der Waals surface area contributed by atoms with E-state index in [1.54, 1.807) is 10.9 Å². The van der Waals surface area contributed by atoms with E-state index in [0.717, 1.165) is 37.9 Å². The van der Waals surface area contributed by atoms with Crippen LogP contribution >= 0.6 is 0 Å². The molecule has 0 bridgehead atoms. The second kappa shape index (κ2) is 7.20. The Morgan fingerprint density at radius 1 is 1.47 bits per heavy atom. The lowest BCUT2D eigenvalue weighted by molar-refractivity contribution is 0.283. The second-order valence-corrected chi connectivity index (χ2v) is 3.47.